The normalized spacial score (nSPS) is 14.2. The molecule has 3 rings (SSSR count). The highest BCUT2D eigenvalue weighted by Crippen LogP contribution is 2.39. The number of rotatable bonds is 5. The quantitative estimate of drug-likeness (QED) is 0.882. The molecule has 0 bridgehead atoms. The van der Waals surface area contributed by atoms with Crippen molar-refractivity contribution in [3.05, 3.63) is 46.8 Å². The van der Waals surface area contributed by atoms with Crippen LogP contribution >= 0.6 is 0 Å². The highest BCUT2D eigenvalue weighted by atomic mass is 15.1. The van der Waals surface area contributed by atoms with E-state index in [1.807, 2.05) is 6.92 Å². The molecular formula is C17H22N4. The second-order valence-electron chi connectivity index (χ2n) is 5.74. The summed E-state index contributed by atoms with van der Waals surface area (Å²) in [5.74, 6) is 2.86. The Morgan fingerprint density at radius 2 is 1.81 bits per heavy atom. The van der Waals surface area contributed by atoms with Gasteiger partial charge in [0.15, 0.2) is 0 Å². The lowest BCUT2D eigenvalue weighted by Gasteiger charge is -2.12. The first kappa shape index (κ1) is 13.9. The van der Waals surface area contributed by atoms with Crippen LogP contribution in [0.5, 0.6) is 0 Å². The van der Waals surface area contributed by atoms with E-state index in [1.54, 1.807) is 0 Å². The molecular weight excluding hydrogens is 260 g/mol. The van der Waals surface area contributed by atoms with E-state index in [1.165, 1.54) is 24.0 Å². The zero-order chi connectivity index (χ0) is 14.8. The first-order valence-corrected chi connectivity index (χ1v) is 7.63. The average Bonchev–Trinajstić information content (AvgIpc) is 3.34. The topological polar surface area (TPSA) is 63.8 Å². The summed E-state index contributed by atoms with van der Waals surface area (Å²) in [6.07, 6.45) is 3.43. The van der Waals surface area contributed by atoms with Gasteiger partial charge < -0.3 is 11.1 Å². The fourth-order valence-electron chi connectivity index (χ4n) is 2.33. The van der Waals surface area contributed by atoms with Crippen molar-refractivity contribution in [3.63, 3.8) is 0 Å². The van der Waals surface area contributed by atoms with Gasteiger partial charge in [0.25, 0.3) is 0 Å². The summed E-state index contributed by atoms with van der Waals surface area (Å²) in [5, 5.41) is 3.40. The molecule has 1 aliphatic rings. The molecule has 0 aliphatic heterocycles. The van der Waals surface area contributed by atoms with Gasteiger partial charge in [0.1, 0.15) is 17.5 Å². The second kappa shape index (κ2) is 5.72. The molecule has 2 aromatic rings. The fourth-order valence-corrected chi connectivity index (χ4v) is 2.33. The van der Waals surface area contributed by atoms with Gasteiger partial charge in [-0.3, -0.25) is 0 Å². The molecule has 0 unspecified atom stereocenters. The Morgan fingerprint density at radius 1 is 1.14 bits per heavy atom. The maximum absolute atomic E-state index is 6.00. The van der Waals surface area contributed by atoms with Gasteiger partial charge in [-0.1, -0.05) is 31.2 Å². The van der Waals surface area contributed by atoms with Crippen LogP contribution in [0.2, 0.25) is 0 Å². The van der Waals surface area contributed by atoms with Crippen LogP contribution in [0.3, 0.4) is 0 Å². The van der Waals surface area contributed by atoms with Crippen LogP contribution in [-0.4, -0.2) is 9.97 Å². The molecule has 1 aromatic carbocycles. The van der Waals surface area contributed by atoms with Gasteiger partial charge in [0, 0.05) is 18.0 Å². The van der Waals surface area contributed by atoms with E-state index in [2.05, 4.69) is 46.5 Å². The Balaban J connectivity index is 1.74. The molecule has 4 heteroatoms. The Morgan fingerprint density at radius 3 is 2.43 bits per heavy atom. The van der Waals surface area contributed by atoms with Crippen LogP contribution in [0.4, 0.5) is 11.6 Å². The number of hydrogen-bond acceptors (Lipinski definition) is 4. The summed E-state index contributed by atoms with van der Waals surface area (Å²) >= 11 is 0. The average molecular weight is 282 g/mol. The highest BCUT2D eigenvalue weighted by molar-refractivity contribution is 5.55. The summed E-state index contributed by atoms with van der Waals surface area (Å²) in [4.78, 5) is 9.04. The molecule has 1 heterocycles. The van der Waals surface area contributed by atoms with E-state index in [0.717, 1.165) is 30.2 Å². The molecule has 4 nitrogen and oxygen atoms in total. The second-order valence-corrected chi connectivity index (χ2v) is 5.74. The first-order chi connectivity index (χ1) is 10.2. The Labute approximate surface area is 125 Å². The van der Waals surface area contributed by atoms with E-state index in [0.29, 0.717) is 11.7 Å². The van der Waals surface area contributed by atoms with Crippen molar-refractivity contribution in [2.75, 3.05) is 11.1 Å². The monoisotopic (exact) mass is 282 g/mol. The molecule has 1 aromatic heterocycles. The highest BCUT2D eigenvalue weighted by Gasteiger charge is 2.27. The van der Waals surface area contributed by atoms with Gasteiger partial charge in [-0.2, -0.15) is 0 Å². The van der Waals surface area contributed by atoms with Gasteiger partial charge in [0.05, 0.1) is 0 Å². The number of benzene rings is 1. The Bertz CT molecular complexity index is 630. The molecule has 0 atom stereocenters. The molecule has 110 valence electrons. The van der Waals surface area contributed by atoms with Crippen molar-refractivity contribution in [1.82, 2.24) is 9.97 Å². The third kappa shape index (κ3) is 3.15. The zero-order valence-corrected chi connectivity index (χ0v) is 12.7. The van der Waals surface area contributed by atoms with Gasteiger partial charge in [-0.05, 0) is 37.3 Å². The molecule has 1 saturated carbocycles. The molecule has 0 radical (unpaired) electrons. The summed E-state index contributed by atoms with van der Waals surface area (Å²) < 4.78 is 0. The summed E-state index contributed by atoms with van der Waals surface area (Å²) in [7, 11) is 0. The van der Waals surface area contributed by atoms with Gasteiger partial charge in [-0.15, -0.1) is 0 Å². The predicted octanol–water partition coefficient (Wildman–Crippen LogP) is 3.42. The summed E-state index contributed by atoms with van der Waals surface area (Å²) in [6.45, 7) is 4.89. The van der Waals surface area contributed by atoms with Crippen LogP contribution < -0.4 is 11.1 Å². The standard InChI is InChI=1S/C17H22N4/c1-3-12-4-6-13(7-5-12)10-19-16-11(2)15(18)20-17(21-16)14-8-9-14/h4-7,14H,3,8-10H2,1-2H3,(H3,18,19,20,21). The Hall–Kier alpha value is -2.10. The first-order valence-electron chi connectivity index (χ1n) is 7.63. The minimum absolute atomic E-state index is 0.511. The third-order valence-electron chi connectivity index (χ3n) is 4.03. The van der Waals surface area contributed by atoms with Crippen LogP contribution in [0, 0.1) is 6.92 Å². The van der Waals surface area contributed by atoms with Crippen molar-refractivity contribution < 1.29 is 0 Å². The lowest BCUT2D eigenvalue weighted by Crippen LogP contribution is -2.09. The molecule has 1 fully saturated rings. The van der Waals surface area contributed by atoms with E-state index in [9.17, 15) is 0 Å². The number of aryl methyl sites for hydroxylation is 1. The Kier molecular flexibility index (Phi) is 3.78. The summed E-state index contributed by atoms with van der Waals surface area (Å²) in [6, 6.07) is 8.67. The number of nitrogens with two attached hydrogens (primary N) is 1. The number of hydrogen-bond donors (Lipinski definition) is 2. The van der Waals surface area contributed by atoms with Crippen molar-refractivity contribution in [2.45, 2.75) is 45.6 Å². The van der Waals surface area contributed by atoms with E-state index in [-0.39, 0.29) is 0 Å². The van der Waals surface area contributed by atoms with E-state index in [4.69, 9.17) is 5.73 Å². The fraction of sp³-hybridized carbons (Fsp3) is 0.412. The third-order valence-corrected chi connectivity index (χ3v) is 4.03. The molecule has 0 amide bonds. The van der Waals surface area contributed by atoms with Crippen LogP contribution in [0.1, 0.15) is 48.2 Å². The zero-order valence-electron chi connectivity index (χ0n) is 12.7. The van der Waals surface area contributed by atoms with Crippen LogP contribution in [-0.2, 0) is 13.0 Å². The molecule has 0 spiro atoms. The SMILES string of the molecule is CCc1ccc(CNc2nc(C3CC3)nc(N)c2C)cc1. The van der Waals surface area contributed by atoms with Crippen molar-refractivity contribution in [2.24, 2.45) is 0 Å². The van der Waals surface area contributed by atoms with Gasteiger partial charge >= 0.3 is 0 Å². The number of aromatic nitrogens is 2. The van der Waals surface area contributed by atoms with Gasteiger partial charge in [0.2, 0.25) is 0 Å². The lowest BCUT2D eigenvalue weighted by molar-refractivity contribution is 0.917. The van der Waals surface area contributed by atoms with Crippen molar-refractivity contribution in [3.8, 4) is 0 Å². The van der Waals surface area contributed by atoms with Crippen LogP contribution in [0.15, 0.2) is 24.3 Å². The largest absolute Gasteiger partial charge is 0.383 e. The smallest absolute Gasteiger partial charge is 0.136 e. The maximum Gasteiger partial charge on any atom is 0.136 e. The molecule has 3 N–H and O–H groups in total. The van der Waals surface area contributed by atoms with Crippen LogP contribution in [0.25, 0.3) is 0 Å². The molecule has 1 aliphatic carbocycles. The maximum atomic E-state index is 6.00. The van der Waals surface area contributed by atoms with Gasteiger partial charge in [-0.25, -0.2) is 9.97 Å². The predicted molar refractivity (Wildman–Crippen MR) is 86.3 cm³/mol. The number of nitrogen functional groups attached to an aromatic ring is 1. The minimum Gasteiger partial charge on any atom is -0.383 e. The van der Waals surface area contributed by atoms with Crippen molar-refractivity contribution in [1.29, 1.82) is 0 Å². The molecule has 0 saturated heterocycles. The number of nitrogens with one attached hydrogen (secondary N) is 1. The summed E-state index contributed by atoms with van der Waals surface area (Å²) in [5.41, 5.74) is 9.54. The number of anilines is 2. The number of nitrogens with zero attached hydrogens (tertiary/aromatic N) is 2. The molecule has 21 heavy (non-hydrogen) atoms. The van der Waals surface area contributed by atoms with E-state index < -0.39 is 0 Å². The minimum atomic E-state index is 0.511. The van der Waals surface area contributed by atoms with E-state index >= 15 is 0 Å². The lowest BCUT2D eigenvalue weighted by atomic mass is 10.1. The van der Waals surface area contributed by atoms with Crippen molar-refractivity contribution >= 4 is 11.6 Å².